The van der Waals surface area contributed by atoms with E-state index in [-0.39, 0.29) is 37.9 Å². The Morgan fingerprint density at radius 2 is 1.47 bits per heavy atom. The van der Waals surface area contributed by atoms with Crippen molar-refractivity contribution in [3.8, 4) is 0 Å². The van der Waals surface area contributed by atoms with Crippen molar-refractivity contribution < 1.29 is 29.1 Å². The number of amides is 5. The molecule has 0 bridgehead atoms. The Morgan fingerprint density at radius 3 is 2.00 bits per heavy atom. The average molecular weight is 512 g/mol. The first-order chi connectivity index (χ1) is 17.1. The maximum Gasteiger partial charge on any atom is 0.245 e. The predicted octanol–water partition coefficient (Wildman–Crippen LogP) is -4.57. The second-order valence-electron chi connectivity index (χ2n) is 8.80. The maximum absolute atomic E-state index is 13.5. The molecule has 2 aliphatic heterocycles. The van der Waals surface area contributed by atoms with Gasteiger partial charge in [-0.1, -0.05) is 0 Å². The average Bonchev–Trinajstić information content (AvgIpc) is 3.53. The molecule has 0 aromatic rings. The standard InChI is InChI=1S/C21H37N9O6/c22-10-16(32)29-8-2-5-14(29)18(34)27-12(4-1-7-26-21(24)25)20(36)30-9-3-6-15(30)19(35)28-13(11-31)17(23)33/h12-15,31H,1-11,22H2,(H2,23,33)(H,27,34)(H,28,35)(H4,24,25,26)/t12-,13-,14-,15-/m0/s1. The lowest BCUT2D eigenvalue weighted by Gasteiger charge is -2.31. The third-order valence-electron chi connectivity index (χ3n) is 6.29. The van der Waals surface area contributed by atoms with Crippen LogP contribution in [0.3, 0.4) is 0 Å². The lowest BCUT2D eigenvalue weighted by atomic mass is 10.1. The number of primary amides is 1. The van der Waals surface area contributed by atoms with E-state index in [0.717, 1.165) is 0 Å². The van der Waals surface area contributed by atoms with Gasteiger partial charge in [0.1, 0.15) is 24.2 Å². The van der Waals surface area contributed by atoms with Crippen molar-refractivity contribution in [1.29, 1.82) is 0 Å². The van der Waals surface area contributed by atoms with Gasteiger partial charge in [0.25, 0.3) is 0 Å². The van der Waals surface area contributed by atoms with E-state index in [0.29, 0.717) is 38.6 Å². The van der Waals surface area contributed by atoms with Crippen LogP contribution < -0.4 is 33.6 Å². The van der Waals surface area contributed by atoms with E-state index in [9.17, 15) is 29.1 Å². The van der Waals surface area contributed by atoms with E-state index < -0.39 is 54.4 Å². The van der Waals surface area contributed by atoms with Crippen molar-refractivity contribution in [2.24, 2.45) is 27.9 Å². The van der Waals surface area contributed by atoms with Gasteiger partial charge in [0.05, 0.1) is 13.2 Å². The normalized spacial score (nSPS) is 20.9. The predicted molar refractivity (Wildman–Crippen MR) is 129 cm³/mol. The van der Waals surface area contributed by atoms with Crippen molar-refractivity contribution in [1.82, 2.24) is 20.4 Å². The molecule has 0 radical (unpaired) electrons. The third kappa shape index (κ3) is 7.52. The van der Waals surface area contributed by atoms with E-state index >= 15 is 0 Å². The summed E-state index contributed by atoms with van der Waals surface area (Å²) >= 11 is 0. The highest BCUT2D eigenvalue weighted by Gasteiger charge is 2.40. The van der Waals surface area contributed by atoms with Gasteiger partial charge < -0.3 is 48.5 Å². The summed E-state index contributed by atoms with van der Waals surface area (Å²) in [6, 6.07) is -3.92. The van der Waals surface area contributed by atoms with Crippen molar-refractivity contribution in [3.63, 3.8) is 0 Å². The van der Waals surface area contributed by atoms with Crippen LogP contribution in [0.1, 0.15) is 38.5 Å². The summed E-state index contributed by atoms with van der Waals surface area (Å²) in [6.45, 7) is -0.0138. The topological polar surface area (TPSA) is 253 Å². The van der Waals surface area contributed by atoms with Gasteiger partial charge in [0.2, 0.25) is 29.5 Å². The molecule has 2 rings (SSSR count). The molecule has 2 fully saturated rings. The molecule has 0 aliphatic carbocycles. The van der Waals surface area contributed by atoms with Gasteiger partial charge in [-0.15, -0.1) is 0 Å². The van der Waals surface area contributed by atoms with Crippen LogP contribution in [0.5, 0.6) is 0 Å². The summed E-state index contributed by atoms with van der Waals surface area (Å²) in [7, 11) is 0. The number of carbonyl (C=O) groups is 5. The Kier molecular flexibility index (Phi) is 10.9. The summed E-state index contributed by atoms with van der Waals surface area (Å²) in [5.41, 5.74) is 21.3. The quantitative estimate of drug-likeness (QED) is 0.0755. The number of aliphatic hydroxyl groups is 1. The highest BCUT2D eigenvalue weighted by molar-refractivity contribution is 5.96. The smallest absolute Gasteiger partial charge is 0.245 e. The molecular formula is C21H37N9O6. The largest absolute Gasteiger partial charge is 0.394 e. The number of nitrogens with zero attached hydrogens (tertiary/aromatic N) is 3. The monoisotopic (exact) mass is 511 g/mol. The molecule has 0 saturated carbocycles. The van der Waals surface area contributed by atoms with Crippen LogP contribution in [-0.2, 0) is 24.0 Å². The number of aliphatic imine (C=N–C) groups is 1. The van der Waals surface area contributed by atoms with Gasteiger partial charge in [0.15, 0.2) is 5.96 Å². The molecule has 0 unspecified atom stereocenters. The fourth-order valence-corrected chi connectivity index (χ4v) is 4.46. The zero-order valence-corrected chi connectivity index (χ0v) is 20.2. The number of carbonyl (C=O) groups excluding carboxylic acids is 5. The van der Waals surface area contributed by atoms with Gasteiger partial charge in [-0.2, -0.15) is 0 Å². The van der Waals surface area contributed by atoms with Crippen molar-refractivity contribution in [2.75, 3.05) is 32.8 Å². The van der Waals surface area contributed by atoms with Gasteiger partial charge in [-0.05, 0) is 38.5 Å². The van der Waals surface area contributed by atoms with Gasteiger partial charge in [-0.25, -0.2) is 0 Å². The molecule has 0 aromatic heterocycles. The zero-order valence-electron chi connectivity index (χ0n) is 20.2. The van der Waals surface area contributed by atoms with Crippen LogP contribution in [0.25, 0.3) is 0 Å². The zero-order chi connectivity index (χ0) is 26.8. The Labute approximate surface area is 209 Å². The minimum atomic E-state index is -1.28. The highest BCUT2D eigenvalue weighted by atomic mass is 16.3. The van der Waals surface area contributed by atoms with Crippen LogP contribution in [0.15, 0.2) is 4.99 Å². The number of likely N-dealkylation sites (tertiary alicyclic amines) is 2. The first-order valence-corrected chi connectivity index (χ1v) is 12.0. The second kappa shape index (κ2) is 13.6. The number of nitrogens with one attached hydrogen (secondary N) is 2. The summed E-state index contributed by atoms with van der Waals surface area (Å²) in [6.07, 6.45) is 2.49. The highest BCUT2D eigenvalue weighted by Crippen LogP contribution is 2.21. The van der Waals surface area contributed by atoms with E-state index in [4.69, 9.17) is 22.9 Å². The van der Waals surface area contributed by atoms with Crippen molar-refractivity contribution in [3.05, 3.63) is 0 Å². The SMILES string of the molecule is NCC(=O)N1CCC[C@H]1C(=O)N[C@@H](CCCN=C(N)N)C(=O)N1CCC[C@H]1C(=O)N[C@@H](CO)C(N)=O. The van der Waals surface area contributed by atoms with Gasteiger partial charge in [0, 0.05) is 19.6 Å². The van der Waals surface area contributed by atoms with Crippen LogP contribution in [-0.4, -0.2) is 107 Å². The Hall–Kier alpha value is -3.46. The fraction of sp³-hybridized carbons (Fsp3) is 0.714. The molecular weight excluding hydrogens is 474 g/mol. The number of guanidine groups is 1. The molecule has 2 aliphatic rings. The Balaban J connectivity index is 2.16. The fourth-order valence-electron chi connectivity index (χ4n) is 4.46. The molecule has 2 heterocycles. The molecule has 5 amide bonds. The molecule has 2 saturated heterocycles. The Bertz CT molecular complexity index is 863. The number of aliphatic hydroxyl groups excluding tert-OH is 1. The maximum atomic E-state index is 13.5. The van der Waals surface area contributed by atoms with Crippen molar-refractivity contribution in [2.45, 2.75) is 62.7 Å². The first-order valence-electron chi connectivity index (χ1n) is 12.0. The molecule has 15 heteroatoms. The first kappa shape index (κ1) is 28.8. The van der Waals surface area contributed by atoms with E-state index in [1.807, 2.05) is 0 Å². The third-order valence-corrected chi connectivity index (χ3v) is 6.29. The summed E-state index contributed by atoms with van der Waals surface area (Å²) in [5, 5.41) is 14.4. The summed E-state index contributed by atoms with van der Waals surface area (Å²) in [4.78, 5) is 69.5. The van der Waals surface area contributed by atoms with E-state index in [1.165, 1.54) is 9.80 Å². The molecule has 4 atom stereocenters. The number of hydrogen-bond acceptors (Lipinski definition) is 8. The minimum Gasteiger partial charge on any atom is -0.394 e. The minimum absolute atomic E-state index is 0.104. The lowest BCUT2D eigenvalue weighted by Crippen LogP contribution is -2.58. The lowest BCUT2D eigenvalue weighted by molar-refractivity contribution is -0.143. The molecule has 202 valence electrons. The molecule has 36 heavy (non-hydrogen) atoms. The second-order valence-corrected chi connectivity index (χ2v) is 8.80. The molecule has 15 nitrogen and oxygen atoms in total. The number of rotatable bonds is 12. The van der Waals surface area contributed by atoms with Crippen molar-refractivity contribution >= 4 is 35.5 Å². The Morgan fingerprint density at radius 1 is 0.917 bits per heavy atom. The molecule has 11 N–H and O–H groups in total. The van der Waals surface area contributed by atoms with Gasteiger partial charge >= 0.3 is 0 Å². The van der Waals surface area contributed by atoms with Gasteiger partial charge in [-0.3, -0.25) is 29.0 Å². The molecule has 0 spiro atoms. The number of hydrogen-bond donors (Lipinski definition) is 7. The van der Waals surface area contributed by atoms with Crippen LogP contribution >= 0.6 is 0 Å². The molecule has 0 aromatic carbocycles. The number of nitrogens with two attached hydrogens (primary N) is 4. The van der Waals surface area contributed by atoms with E-state index in [2.05, 4.69) is 15.6 Å². The van der Waals surface area contributed by atoms with Crippen LogP contribution in [0.2, 0.25) is 0 Å². The van der Waals surface area contributed by atoms with E-state index in [1.54, 1.807) is 0 Å². The summed E-state index contributed by atoms with van der Waals surface area (Å²) in [5.74, 6) is -2.95. The van der Waals surface area contributed by atoms with Crippen LogP contribution in [0.4, 0.5) is 0 Å². The van der Waals surface area contributed by atoms with Crippen LogP contribution in [0, 0.1) is 0 Å². The summed E-state index contributed by atoms with van der Waals surface area (Å²) < 4.78 is 0.